The number of nitrogens with zero attached hydrogens (tertiary/aromatic N) is 1. The number of phenols is 1. The Kier molecular flexibility index (Phi) is 2.88. The van der Waals surface area contributed by atoms with E-state index in [2.05, 4.69) is 5.16 Å². The Labute approximate surface area is 100 Å². The van der Waals surface area contributed by atoms with E-state index >= 15 is 0 Å². The number of carboxylic acid groups (broad SMARTS) is 1. The molecular weight excluding hydrogens is 245 g/mol. The number of phenolic OH excluding ortho intramolecular Hbond substituents is 1. The molecule has 0 radical (unpaired) electrons. The van der Waals surface area contributed by atoms with Gasteiger partial charge < -0.3 is 19.5 Å². The molecule has 0 aliphatic carbocycles. The van der Waals surface area contributed by atoms with Crippen LogP contribution in [0.15, 0.2) is 22.7 Å². The summed E-state index contributed by atoms with van der Waals surface area (Å²) in [5.41, 5.74) is -0.145. The van der Waals surface area contributed by atoms with Gasteiger partial charge in [0.05, 0.1) is 12.7 Å². The van der Waals surface area contributed by atoms with Crippen molar-refractivity contribution in [2.45, 2.75) is 0 Å². The Bertz CT molecular complexity index is 607. The molecule has 2 rings (SSSR count). The maximum atomic E-state index is 13.6. The first-order valence-electron chi connectivity index (χ1n) is 4.80. The molecule has 0 unspecified atom stereocenters. The van der Waals surface area contributed by atoms with Crippen molar-refractivity contribution in [2.24, 2.45) is 0 Å². The SMILES string of the molecule is COc1c(-c2cc(C(=O)O)no2)ccc(O)c1F. The third-order valence-corrected chi connectivity index (χ3v) is 2.28. The number of carbonyl (C=O) groups is 1. The molecule has 2 N–H and O–H groups in total. The topological polar surface area (TPSA) is 92.8 Å². The maximum Gasteiger partial charge on any atom is 0.358 e. The van der Waals surface area contributed by atoms with Crippen LogP contribution in [-0.2, 0) is 0 Å². The number of ether oxygens (including phenoxy) is 1. The standard InChI is InChI=1S/C11H8FNO5/c1-17-10-5(2-3-7(14)9(10)12)8-4-6(11(15)16)13-18-8/h2-4,14H,1H3,(H,15,16). The molecule has 94 valence electrons. The molecule has 1 aromatic heterocycles. The van der Waals surface area contributed by atoms with E-state index < -0.39 is 17.5 Å². The average molecular weight is 253 g/mol. The van der Waals surface area contributed by atoms with Crippen LogP contribution in [0.5, 0.6) is 11.5 Å². The van der Waals surface area contributed by atoms with Crippen molar-refractivity contribution in [1.29, 1.82) is 0 Å². The van der Waals surface area contributed by atoms with Crippen LogP contribution in [0.4, 0.5) is 4.39 Å². The van der Waals surface area contributed by atoms with E-state index in [-0.39, 0.29) is 22.8 Å². The summed E-state index contributed by atoms with van der Waals surface area (Å²) in [6, 6.07) is 3.58. The van der Waals surface area contributed by atoms with Crippen LogP contribution in [0, 0.1) is 5.82 Å². The van der Waals surface area contributed by atoms with Gasteiger partial charge in [0.2, 0.25) is 5.82 Å². The van der Waals surface area contributed by atoms with E-state index in [1.807, 2.05) is 0 Å². The fraction of sp³-hybridized carbons (Fsp3) is 0.0909. The monoisotopic (exact) mass is 253 g/mol. The Morgan fingerprint density at radius 1 is 1.50 bits per heavy atom. The number of hydrogen-bond acceptors (Lipinski definition) is 5. The van der Waals surface area contributed by atoms with Crippen molar-refractivity contribution < 1.29 is 28.7 Å². The lowest BCUT2D eigenvalue weighted by atomic mass is 10.1. The van der Waals surface area contributed by atoms with E-state index in [0.29, 0.717) is 0 Å². The summed E-state index contributed by atoms with van der Waals surface area (Å²) in [5, 5.41) is 21.2. The minimum Gasteiger partial charge on any atom is -0.505 e. The van der Waals surface area contributed by atoms with Crippen molar-refractivity contribution in [1.82, 2.24) is 5.16 Å². The number of aromatic carboxylic acids is 1. The van der Waals surface area contributed by atoms with Crippen LogP contribution in [-0.4, -0.2) is 28.4 Å². The second-order valence-corrected chi connectivity index (χ2v) is 3.36. The molecule has 18 heavy (non-hydrogen) atoms. The van der Waals surface area contributed by atoms with Gasteiger partial charge >= 0.3 is 5.97 Å². The first-order chi connectivity index (χ1) is 8.54. The van der Waals surface area contributed by atoms with Crippen molar-refractivity contribution in [3.8, 4) is 22.8 Å². The van der Waals surface area contributed by atoms with Crippen LogP contribution in [0.2, 0.25) is 0 Å². The fourth-order valence-corrected chi connectivity index (χ4v) is 1.44. The quantitative estimate of drug-likeness (QED) is 0.867. The number of hydrogen-bond donors (Lipinski definition) is 2. The zero-order chi connectivity index (χ0) is 13.3. The van der Waals surface area contributed by atoms with E-state index in [4.69, 9.17) is 14.4 Å². The van der Waals surface area contributed by atoms with Gasteiger partial charge in [-0.25, -0.2) is 4.79 Å². The van der Waals surface area contributed by atoms with E-state index in [9.17, 15) is 14.3 Å². The zero-order valence-electron chi connectivity index (χ0n) is 9.18. The normalized spacial score (nSPS) is 10.3. The van der Waals surface area contributed by atoms with Gasteiger partial charge in [0.15, 0.2) is 23.0 Å². The van der Waals surface area contributed by atoms with Gasteiger partial charge in [-0.3, -0.25) is 0 Å². The highest BCUT2D eigenvalue weighted by Gasteiger charge is 2.20. The van der Waals surface area contributed by atoms with Crippen molar-refractivity contribution in [2.75, 3.05) is 7.11 Å². The smallest absolute Gasteiger partial charge is 0.358 e. The highest BCUT2D eigenvalue weighted by molar-refractivity contribution is 5.86. The molecule has 0 aliphatic rings. The highest BCUT2D eigenvalue weighted by Crippen LogP contribution is 2.36. The van der Waals surface area contributed by atoms with E-state index in [0.717, 1.165) is 12.1 Å². The first kappa shape index (κ1) is 11.9. The molecule has 0 amide bonds. The molecule has 1 aromatic carbocycles. The molecule has 0 saturated heterocycles. The van der Waals surface area contributed by atoms with E-state index in [1.165, 1.54) is 13.2 Å². The lowest BCUT2D eigenvalue weighted by molar-refractivity contribution is 0.0686. The Morgan fingerprint density at radius 3 is 2.78 bits per heavy atom. The molecule has 0 saturated carbocycles. The van der Waals surface area contributed by atoms with Gasteiger partial charge in [-0.05, 0) is 12.1 Å². The Morgan fingerprint density at radius 2 is 2.22 bits per heavy atom. The van der Waals surface area contributed by atoms with Crippen LogP contribution < -0.4 is 4.74 Å². The Balaban J connectivity index is 2.56. The fourth-order valence-electron chi connectivity index (χ4n) is 1.44. The lowest BCUT2D eigenvalue weighted by Crippen LogP contribution is -1.94. The van der Waals surface area contributed by atoms with Gasteiger partial charge in [0.1, 0.15) is 0 Å². The lowest BCUT2D eigenvalue weighted by Gasteiger charge is -2.07. The van der Waals surface area contributed by atoms with Gasteiger partial charge in [-0.2, -0.15) is 4.39 Å². The molecular formula is C11H8FNO5. The minimum absolute atomic E-state index is 0.0307. The summed E-state index contributed by atoms with van der Waals surface area (Å²) in [4.78, 5) is 10.7. The number of benzene rings is 1. The molecule has 0 bridgehead atoms. The number of rotatable bonds is 3. The summed E-state index contributed by atoms with van der Waals surface area (Å²) in [7, 11) is 1.22. The first-order valence-corrected chi connectivity index (χ1v) is 4.80. The highest BCUT2D eigenvalue weighted by atomic mass is 19.1. The third-order valence-electron chi connectivity index (χ3n) is 2.28. The third kappa shape index (κ3) is 1.86. The van der Waals surface area contributed by atoms with Gasteiger partial charge in [0, 0.05) is 6.07 Å². The van der Waals surface area contributed by atoms with Crippen molar-refractivity contribution >= 4 is 5.97 Å². The second-order valence-electron chi connectivity index (χ2n) is 3.36. The van der Waals surface area contributed by atoms with Crippen molar-refractivity contribution in [3.63, 3.8) is 0 Å². The molecule has 0 fully saturated rings. The van der Waals surface area contributed by atoms with Gasteiger partial charge in [-0.15, -0.1) is 0 Å². The van der Waals surface area contributed by atoms with Crippen LogP contribution in [0.3, 0.4) is 0 Å². The predicted octanol–water partition coefficient (Wildman–Crippen LogP) is 1.89. The maximum absolute atomic E-state index is 13.6. The average Bonchev–Trinajstić information content (AvgIpc) is 2.82. The molecule has 0 atom stereocenters. The minimum atomic E-state index is -1.26. The molecule has 6 nitrogen and oxygen atoms in total. The van der Waals surface area contributed by atoms with Crippen molar-refractivity contribution in [3.05, 3.63) is 29.7 Å². The van der Waals surface area contributed by atoms with Gasteiger partial charge in [-0.1, -0.05) is 5.16 Å². The molecule has 1 heterocycles. The van der Waals surface area contributed by atoms with Crippen LogP contribution >= 0.6 is 0 Å². The second kappa shape index (κ2) is 4.36. The van der Waals surface area contributed by atoms with Crippen LogP contribution in [0.25, 0.3) is 11.3 Å². The summed E-state index contributed by atoms with van der Waals surface area (Å²) in [6.45, 7) is 0. The molecule has 2 aromatic rings. The summed E-state index contributed by atoms with van der Waals surface area (Å²) >= 11 is 0. The molecule has 0 aliphatic heterocycles. The largest absolute Gasteiger partial charge is 0.505 e. The summed E-state index contributed by atoms with van der Waals surface area (Å²) in [5.74, 6) is -3.01. The number of aromatic nitrogens is 1. The number of halogens is 1. The Hall–Kier alpha value is -2.57. The molecule has 7 heteroatoms. The van der Waals surface area contributed by atoms with E-state index in [1.54, 1.807) is 0 Å². The number of methoxy groups -OCH3 is 1. The number of carboxylic acids is 1. The van der Waals surface area contributed by atoms with Gasteiger partial charge in [0.25, 0.3) is 0 Å². The predicted molar refractivity (Wildman–Crippen MR) is 57.1 cm³/mol. The molecule has 0 spiro atoms. The summed E-state index contributed by atoms with van der Waals surface area (Å²) in [6.07, 6.45) is 0. The summed E-state index contributed by atoms with van der Waals surface area (Å²) < 4.78 is 23.2. The number of aromatic hydroxyl groups is 1. The zero-order valence-corrected chi connectivity index (χ0v) is 9.18. The van der Waals surface area contributed by atoms with Crippen LogP contribution in [0.1, 0.15) is 10.5 Å².